The van der Waals surface area contributed by atoms with Crippen LogP contribution in [0.3, 0.4) is 0 Å². The van der Waals surface area contributed by atoms with Crippen molar-refractivity contribution in [2.75, 3.05) is 0 Å². The van der Waals surface area contributed by atoms with Crippen LogP contribution in [0.25, 0.3) is 16.3 Å². The third-order valence-electron chi connectivity index (χ3n) is 3.53. The number of rotatable bonds is 3. The molecule has 0 saturated carbocycles. The van der Waals surface area contributed by atoms with Crippen molar-refractivity contribution < 1.29 is 13.6 Å². The lowest BCUT2D eigenvalue weighted by atomic mass is 10.2. The molecule has 1 heterocycles. The lowest BCUT2D eigenvalue weighted by molar-refractivity contribution is -0.113. The standard InChI is InChI=1S/C18H13ClF2N2OS/c1-2-23-17-14(21)9-12(20)10-15(17)25-18(23)22-16(24)8-7-11-5-3-4-6-13(11)19/h3-10H,2H2,1H3/b8-7+,22-18?. The number of fused-ring (bicyclic) bond motifs is 1. The first-order valence-corrected chi connectivity index (χ1v) is 8.68. The second kappa shape index (κ2) is 7.29. The largest absolute Gasteiger partial charge is 0.314 e. The van der Waals surface area contributed by atoms with E-state index in [1.807, 2.05) is 6.07 Å². The van der Waals surface area contributed by atoms with Gasteiger partial charge in [-0.15, -0.1) is 0 Å². The first-order chi connectivity index (χ1) is 12.0. The van der Waals surface area contributed by atoms with Crippen LogP contribution in [0.1, 0.15) is 12.5 Å². The summed E-state index contributed by atoms with van der Waals surface area (Å²) in [6.45, 7) is 2.21. The number of aromatic nitrogens is 1. The van der Waals surface area contributed by atoms with Gasteiger partial charge in [-0.05, 0) is 30.7 Å². The molecule has 0 radical (unpaired) electrons. The Morgan fingerprint density at radius 3 is 2.80 bits per heavy atom. The zero-order valence-electron chi connectivity index (χ0n) is 13.2. The molecular formula is C18H13ClF2N2OS. The van der Waals surface area contributed by atoms with Gasteiger partial charge in [0.25, 0.3) is 5.91 Å². The van der Waals surface area contributed by atoms with E-state index in [0.717, 1.165) is 17.4 Å². The number of hydrogen-bond donors (Lipinski definition) is 0. The number of carbonyl (C=O) groups excluding carboxylic acids is 1. The van der Waals surface area contributed by atoms with Crippen molar-refractivity contribution >= 4 is 45.1 Å². The van der Waals surface area contributed by atoms with E-state index in [1.165, 1.54) is 12.1 Å². The number of benzene rings is 2. The maximum atomic E-state index is 14.0. The van der Waals surface area contributed by atoms with Crippen LogP contribution >= 0.6 is 22.9 Å². The SMILES string of the molecule is CCn1c(=NC(=O)/C=C/c2ccccc2Cl)sc2cc(F)cc(F)c21. The Bertz CT molecular complexity index is 1050. The van der Waals surface area contributed by atoms with E-state index < -0.39 is 17.5 Å². The topological polar surface area (TPSA) is 34.4 Å². The molecule has 1 amide bonds. The van der Waals surface area contributed by atoms with E-state index in [2.05, 4.69) is 4.99 Å². The molecule has 0 spiro atoms. The molecular weight excluding hydrogens is 366 g/mol. The van der Waals surface area contributed by atoms with Crippen molar-refractivity contribution in [3.63, 3.8) is 0 Å². The minimum atomic E-state index is -0.673. The first kappa shape index (κ1) is 17.5. The van der Waals surface area contributed by atoms with Crippen LogP contribution in [0.15, 0.2) is 47.5 Å². The van der Waals surface area contributed by atoms with Crippen molar-refractivity contribution in [2.45, 2.75) is 13.5 Å². The van der Waals surface area contributed by atoms with Crippen molar-refractivity contribution in [1.82, 2.24) is 4.57 Å². The van der Waals surface area contributed by atoms with E-state index in [-0.39, 0.29) is 5.52 Å². The molecule has 1 aromatic heterocycles. The highest BCUT2D eigenvalue weighted by Crippen LogP contribution is 2.22. The normalized spacial score (nSPS) is 12.4. The van der Waals surface area contributed by atoms with Crippen LogP contribution in [0.2, 0.25) is 5.02 Å². The number of hydrogen-bond acceptors (Lipinski definition) is 2. The summed E-state index contributed by atoms with van der Waals surface area (Å²) in [5.74, 6) is -1.84. The second-order valence-electron chi connectivity index (χ2n) is 5.17. The Morgan fingerprint density at radius 2 is 2.08 bits per heavy atom. The molecule has 0 aliphatic rings. The highest BCUT2D eigenvalue weighted by molar-refractivity contribution is 7.16. The average molecular weight is 379 g/mol. The van der Waals surface area contributed by atoms with E-state index in [1.54, 1.807) is 35.8 Å². The minimum Gasteiger partial charge on any atom is -0.314 e. The van der Waals surface area contributed by atoms with Gasteiger partial charge in [0.05, 0.1) is 10.2 Å². The molecule has 0 N–H and O–H groups in total. The van der Waals surface area contributed by atoms with Crippen molar-refractivity contribution in [3.05, 3.63) is 69.5 Å². The number of thiazole rings is 1. The molecule has 0 bridgehead atoms. The number of carbonyl (C=O) groups is 1. The smallest absolute Gasteiger partial charge is 0.272 e. The molecule has 0 unspecified atom stereocenters. The molecule has 2 aromatic carbocycles. The predicted molar refractivity (Wildman–Crippen MR) is 96.5 cm³/mol. The molecule has 3 nitrogen and oxygen atoms in total. The summed E-state index contributed by atoms with van der Waals surface area (Å²) < 4.78 is 29.4. The Kier molecular flexibility index (Phi) is 5.11. The third-order valence-corrected chi connectivity index (χ3v) is 4.90. The lowest BCUT2D eigenvalue weighted by Crippen LogP contribution is -2.15. The van der Waals surface area contributed by atoms with E-state index in [9.17, 15) is 13.6 Å². The Labute approximate surface area is 151 Å². The summed E-state index contributed by atoms with van der Waals surface area (Å²) in [4.78, 5) is 16.4. The average Bonchev–Trinajstić information content (AvgIpc) is 2.91. The first-order valence-electron chi connectivity index (χ1n) is 7.49. The molecule has 0 saturated heterocycles. The van der Waals surface area contributed by atoms with Crippen LogP contribution in [-0.2, 0) is 11.3 Å². The molecule has 3 rings (SSSR count). The van der Waals surface area contributed by atoms with Gasteiger partial charge >= 0.3 is 0 Å². The van der Waals surface area contributed by atoms with Crippen LogP contribution in [0.4, 0.5) is 8.78 Å². The summed E-state index contributed by atoms with van der Waals surface area (Å²) in [5.41, 5.74) is 0.941. The van der Waals surface area contributed by atoms with Crippen LogP contribution < -0.4 is 4.80 Å². The number of halogens is 3. The summed E-state index contributed by atoms with van der Waals surface area (Å²) >= 11 is 7.09. The zero-order chi connectivity index (χ0) is 18.0. The van der Waals surface area contributed by atoms with Gasteiger partial charge in [0.2, 0.25) is 0 Å². The predicted octanol–water partition coefficient (Wildman–Crippen LogP) is 4.80. The third kappa shape index (κ3) is 3.70. The van der Waals surface area contributed by atoms with Gasteiger partial charge in [-0.1, -0.05) is 41.1 Å². The Morgan fingerprint density at radius 1 is 1.32 bits per heavy atom. The van der Waals surface area contributed by atoms with Gasteiger partial charge in [0.1, 0.15) is 5.82 Å². The fourth-order valence-corrected chi connectivity index (χ4v) is 3.75. The highest BCUT2D eigenvalue weighted by atomic mass is 35.5. The maximum Gasteiger partial charge on any atom is 0.272 e. The van der Waals surface area contributed by atoms with Gasteiger partial charge in [-0.25, -0.2) is 8.78 Å². The van der Waals surface area contributed by atoms with Gasteiger partial charge in [0, 0.05) is 23.7 Å². The van der Waals surface area contributed by atoms with Crippen molar-refractivity contribution in [3.8, 4) is 0 Å². The lowest BCUT2D eigenvalue weighted by Gasteiger charge is -2.01. The summed E-state index contributed by atoms with van der Waals surface area (Å²) in [6, 6.07) is 9.15. The number of amides is 1. The monoisotopic (exact) mass is 378 g/mol. The van der Waals surface area contributed by atoms with Crippen LogP contribution in [0, 0.1) is 11.6 Å². The number of aryl methyl sites for hydroxylation is 1. The van der Waals surface area contributed by atoms with E-state index in [4.69, 9.17) is 11.6 Å². The summed E-state index contributed by atoms with van der Waals surface area (Å²) in [5, 5.41) is 0.523. The van der Waals surface area contributed by atoms with Crippen LogP contribution in [0.5, 0.6) is 0 Å². The van der Waals surface area contributed by atoms with Crippen molar-refractivity contribution in [2.24, 2.45) is 4.99 Å². The molecule has 25 heavy (non-hydrogen) atoms. The van der Waals surface area contributed by atoms with E-state index >= 15 is 0 Å². The molecule has 0 aliphatic carbocycles. The van der Waals surface area contributed by atoms with Gasteiger partial charge in [0.15, 0.2) is 10.6 Å². The second-order valence-corrected chi connectivity index (χ2v) is 6.58. The van der Waals surface area contributed by atoms with Gasteiger partial charge in [-0.3, -0.25) is 4.79 Å². The molecule has 0 aliphatic heterocycles. The number of nitrogens with zero attached hydrogens (tertiary/aromatic N) is 2. The van der Waals surface area contributed by atoms with Gasteiger partial charge in [-0.2, -0.15) is 4.99 Å². The molecule has 3 aromatic rings. The van der Waals surface area contributed by atoms with Gasteiger partial charge < -0.3 is 4.57 Å². The Hall–Kier alpha value is -2.31. The maximum absolute atomic E-state index is 14.0. The Balaban J connectivity index is 2.02. The molecule has 128 valence electrons. The summed E-state index contributed by atoms with van der Waals surface area (Å²) in [6.07, 6.45) is 2.86. The van der Waals surface area contributed by atoms with Crippen LogP contribution in [-0.4, -0.2) is 10.5 Å². The minimum absolute atomic E-state index is 0.246. The molecule has 0 fully saturated rings. The van der Waals surface area contributed by atoms with E-state index in [0.29, 0.717) is 26.6 Å². The fourth-order valence-electron chi connectivity index (χ4n) is 2.41. The quantitative estimate of drug-likeness (QED) is 0.603. The molecule has 0 atom stereocenters. The summed E-state index contributed by atoms with van der Waals surface area (Å²) in [7, 11) is 0. The molecule has 7 heteroatoms. The highest BCUT2D eigenvalue weighted by Gasteiger charge is 2.12. The zero-order valence-corrected chi connectivity index (χ0v) is 14.7. The van der Waals surface area contributed by atoms with Crippen molar-refractivity contribution in [1.29, 1.82) is 0 Å². The fraction of sp³-hybridized carbons (Fsp3) is 0.111.